The summed E-state index contributed by atoms with van der Waals surface area (Å²) in [4.78, 5) is 27.6. The SMILES string of the molecule is Cc1nc(/C=C/C(=O)Nc2ccc3c(C)cc(=O)oc3c2)cs1. The van der Waals surface area contributed by atoms with Gasteiger partial charge in [0.1, 0.15) is 5.58 Å². The molecular formula is C17H14N2O3S. The van der Waals surface area contributed by atoms with E-state index in [-0.39, 0.29) is 5.91 Å². The number of amides is 1. The number of aryl methyl sites for hydroxylation is 2. The van der Waals surface area contributed by atoms with Crippen molar-refractivity contribution in [3.8, 4) is 0 Å². The Hall–Kier alpha value is -2.73. The molecule has 3 aromatic rings. The zero-order valence-electron chi connectivity index (χ0n) is 12.6. The molecule has 0 unspecified atom stereocenters. The summed E-state index contributed by atoms with van der Waals surface area (Å²) in [5.74, 6) is -0.273. The van der Waals surface area contributed by atoms with Gasteiger partial charge in [-0.3, -0.25) is 4.79 Å². The molecule has 116 valence electrons. The Balaban J connectivity index is 1.79. The molecule has 3 rings (SSSR count). The largest absolute Gasteiger partial charge is 0.423 e. The van der Waals surface area contributed by atoms with Gasteiger partial charge < -0.3 is 9.73 Å². The summed E-state index contributed by atoms with van der Waals surface area (Å²) < 4.78 is 5.16. The molecule has 1 amide bonds. The lowest BCUT2D eigenvalue weighted by molar-refractivity contribution is -0.111. The van der Waals surface area contributed by atoms with Crippen LogP contribution in [-0.4, -0.2) is 10.9 Å². The van der Waals surface area contributed by atoms with E-state index in [1.165, 1.54) is 23.5 Å². The van der Waals surface area contributed by atoms with E-state index < -0.39 is 5.63 Å². The minimum Gasteiger partial charge on any atom is -0.423 e. The number of hydrogen-bond donors (Lipinski definition) is 1. The second-order valence-corrected chi connectivity index (χ2v) is 6.14. The zero-order chi connectivity index (χ0) is 16.4. The van der Waals surface area contributed by atoms with E-state index in [4.69, 9.17) is 4.42 Å². The number of nitrogens with one attached hydrogen (secondary N) is 1. The van der Waals surface area contributed by atoms with Crippen molar-refractivity contribution >= 4 is 40.0 Å². The quantitative estimate of drug-likeness (QED) is 0.590. The van der Waals surface area contributed by atoms with E-state index in [1.54, 1.807) is 18.2 Å². The fourth-order valence-corrected chi connectivity index (χ4v) is 2.79. The molecule has 1 N–H and O–H groups in total. The Morgan fingerprint density at radius 3 is 2.87 bits per heavy atom. The molecule has 6 heteroatoms. The number of carbonyl (C=O) groups excluding carboxylic acids is 1. The van der Waals surface area contributed by atoms with E-state index in [9.17, 15) is 9.59 Å². The van der Waals surface area contributed by atoms with Crippen LogP contribution in [0.4, 0.5) is 5.69 Å². The molecule has 0 saturated heterocycles. The van der Waals surface area contributed by atoms with Crippen molar-refractivity contribution < 1.29 is 9.21 Å². The molecule has 5 nitrogen and oxygen atoms in total. The third-order valence-corrected chi connectivity index (χ3v) is 4.05. The van der Waals surface area contributed by atoms with Gasteiger partial charge in [0.15, 0.2) is 0 Å². The maximum absolute atomic E-state index is 11.9. The first-order valence-electron chi connectivity index (χ1n) is 6.97. The molecule has 2 aromatic heterocycles. The number of nitrogens with zero attached hydrogens (tertiary/aromatic N) is 1. The minimum atomic E-state index is -0.405. The van der Waals surface area contributed by atoms with Crippen molar-refractivity contribution in [3.63, 3.8) is 0 Å². The summed E-state index contributed by atoms with van der Waals surface area (Å²) in [5.41, 5.74) is 2.20. The Morgan fingerprint density at radius 2 is 2.13 bits per heavy atom. The molecular weight excluding hydrogens is 312 g/mol. The predicted molar refractivity (Wildman–Crippen MR) is 91.7 cm³/mol. The molecule has 1 aromatic carbocycles. The molecule has 0 aliphatic heterocycles. The third kappa shape index (κ3) is 3.54. The molecule has 0 aliphatic carbocycles. The standard InChI is InChI=1S/C17H14N2O3S/c1-10-7-17(21)22-15-8-12(3-5-14(10)15)19-16(20)6-4-13-9-23-11(2)18-13/h3-9H,1-2H3,(H,19,20)/b6-4+. The number of benzene rings is 1. The molecule has 0 bridgehead atoms. The topological polar surface area (TPSA) is 72.2 Å². The first kappa shape index (κ1) is 15.2. The van der Waals surface area contributed by atoms with Gasteiger partial charge in [0.25, 0.3) is 0 Å². The Bertz CT molecular complexity index is 969. The van der Waals surface area contributed by atoms with E-state index in [2.05, 4.69) is 10.3 Å². The van der Waals surface area contributed by atoms with Crippen LogP contribution in [0.2, 0.25) is 0 Å². The van der Waals surface area contributed by atoms with E-state index >= 15 is 0 Å². The second kappa shape index (κ2) is 6.18. The summed E-state index contributed by atoms with van der Waals surface area (Å²) in [6.07, 6.45) is 3.08. The van der Waals surface area contributed by atoms with Crippen molar-refractivity contribution in [1.29, 1.82) is 0 Å². The summed E-state index contributed by atoms with van der Waals surface area (Å²) in [6.45, 7) is 3.75. The van der Waals surface area contributed by atoms with Crippen LogP contribution < -0.4 is 10.9 Å². The summed E-state index contributed by atoms with van der Waals surface area (Å²) >= 11 is 1.53. The highest BCUT2D eigenvalue weighted by Gasteiger charge is 2.05. The smallest absolute Gasteiger partial charge is 0.336 e. The van der Waals surface area contributed by atoms with Gasteiger partial charge in [0.05, 0.1) is 10.7 Å². The van der Waals surface area contributed by atoms with Crippen molar-refractivity contribution in [2.75, 3.05) is 5.32 Å². The van der Waals surface area contributed by atoms with Crippen LogP contribution in [0.15, 0.2) is 44.9 Å². The Kier molecular flexibility index (Phi) is 4.08. The van der Waals surface area contributed by atoms with Crippen LogP contribution in [0.25, 0.3) is 17.0 Å². The third-order valence-electron chi connectivity index (χ3n) is 3.26. The average Bonchev–Trinajstić information content (AvgIpc) is 2.90. The van der Waals surface area contributed by atoms with Crippen LogP contribution in [0.3, 0.4) is 0 Å². The van der Waals surface area contributed by atoms with Gasteiger partial charge in [-0.2, -0.15) is 0 Å². The van der Waals surface area contributed by atoms with Crippen molar-refractivity contribution in [1.82, 2.24) is 4.98 Å². The first-order chi connectivity index (χ1) is 11.0. The van der Waals surface area contributed by atoms with Crippen LogP contribution in [0, 0.1) is 13.8 Å². The van der Waals surface area contributed by atoms with Crippen molar-refractivity contribution in [2.24, 2.45) is 0 Å². The van der Waals surface area contributed by atoms with Gasteiger partial charge in [0.2, 0.25) is 5.91 Å². The molecule has 0 aliphatic rings. The number of fused-ring (bicyclic) bond motifs is 1. The maximum atomic E-state index is 11.9. The zero-order valence-corrected chi connectivity index (χ0v) is 13.4. The van der Waals surface area contributed by atoms with Crippen LogP contribution in [0.5, 0.6) is 0 Å². The fraction of sp³-hybridized carbons (Fsp3) is 0.118. The monoisotopic (exact) mass is 326 g/mol. The fourth-order valence-electron chi connectivity index (χ4n) is 2.20. The lowest BCUT2D eigenvalue weighted by Crippen LogP contribution is -2.08. The molecule has 2 heterocycles. The molecule has 0 fully saturated rings. The van der Waals surface area contributed by atoms with E-state index in [0.29, 0.717) is 11.3 Å². The minimum absolute atomic E-state index is 0.273. The van der Waals surface area contributed by atoms with Gasteiger partial charge in [0, 0.05) is 34.7 Å². The predicted octanol–water partition coefficient (Wildman–Crippen LogP) is 3.52. The summed E-state index contributed by atoms with van der Waals surface area (Å²) in [6, 6.07) is 6.67. The van der Waals surface area contributed by atoms with E-state index in [1.807, 2.05) is 25.3 Å². The summed E-state index contributed by atoms with van der Waals surface area (Å²) in [7, 11) is 0. The molecule has 0 spiro atoms. The van der Waals surface area contributed by atoms with Gasteiger partial charge in [-0.1, -0.05) is 0 Å². The first-order valence-corrected chi connectivity index (χ1v) is 7.85. The highest BCUT2D eigenvalue weighted by atomic mass is 32.1. The molecule has 23 heavy (non-hydrogen) atoms. The molecule has 0 atom stereocenters. The summed E-state index contributed by atoms with van der Waals surface area (Å²) in [5, 5.41) is 6.41. The van der Waals surface area contributed by atoms with Crippen LogP contribution in [0.1, 0.15) is 16.3 Å². The number of aromatic nitrogens is 1. The normalized spacial score (nSPS) is 11.2. The average molecular weight is 326 g/mol. The lowest BCUT2D eigenvalue weighted by atomic mass is 10.1. The molecule has 0 saturated carbocycles. The Morgan fingerprint density at radius 1 is 1.30 bits per heavy atom. The molecule has 0 radical (unpaired) electrons. The van der Waals surface area contributed by atoms with Crippen LogP contribution in [-0.2, 0) is 4.79 Å². The highest BCUT2D eigenvalue weighted by Crippen LogP contribution is 2.20. The Labute approximate surface area is 136 Å². The maximum Gasteiger partial charge on any atom is 0.336 e. The lowest BCUT2D eigenvalue weighted by Gasteiger charge is -2.05. The van der Waals surface area contributed by atoms with Gasteiger partial charge >= 0.3 is 5.63 Å². The number of thiazole rings is 1. The number of rotatable bonds is 3. The number of carbonyl (C=O) groups is 1. The number of anilines is 1. The van der Waals surface area contributed by atoms with Gasteiger partial charge in [-0.25, -0.2) is 9.78 Å². The van der Waals surface area contributed by atoms with Gasteiger partial charge in [-0.05, 0) is 37.6 Å². The highest BCUT2D eigenvalue weighted by molar-refractivity contribution is 7.09. The van der Waals surface area contributed by atoms with Crippen molar-refractivity contribution in [3.05, 3.63) is 62.4 Å². The van der Waals surface area contributed by atoms with Crippen LogP contribution >= 0.6 is 11.3 Å². The number of hydrogen-bond acceptors (Lipinski definition) is 5. The van der Waals surface area contributed by atoms with E-state index in [0.717, 1.165) is 21.7 Å². The van der Waals surface area contributed by atoms with Crippen molar-refractivity contribution in [2.45, 2.75) is 13.8 Å². The second-order valence-electron chi connectivity index (χ2n) is 5.07. The van der Waals surface area contributed by atoms with Gasteiger partial charge in [-0.15, -0.1) is 11.3 Å².